The third-order valence-electron chi connectivity index (χ3n) is 5.07. The highest BCUT2D eigenvalue weighted by Gasteiger charge is 2.24. The number of nitrogens with one attached hydrogen (secondary N) is 1. The maximum absolute atomic E-state index is 12.6. The number of methoxy groups -OCH3 is 1. The summed E-state index contributed by atoms with van der Waals surface area (Å²) in [6, 6.07) is 9.80. The van der Waals surface area contributed by atoms with E-state index in [1.807, 2.05) is 30.5 Å². The van der Waals surface area contributed by atoms with Crippen molar-refractivity contribution in [1.29, 1.82) is 0 Å². The van der Waals surface area contributed by atoms with Crippen LogP contribution in [0, 0.1) is 0 Å². The molecule has 0 aliphatic heterocycles. The molecule has 0 aliphatic carbocycles. The third-order valence-corrected chi connectivity index (χ3v) is 5.07. The minimum atomic E-state index is -0.714. The Balaban J connectivity index is 1.78. The fourth-order valence-corrected chi connectivity index (χ4v) is 3.39. The highest BCUT2D eigenvalue weighted by Crippen LogP contribution is 2.26. The van der Waals surface area contributed by atoms with Crippen molar-refractivity contribution >= 4 is 23.0 Å². The number of phenolic OH excluding ortho intramolecular Hbond substituents is 1. The average molecular weight is 432 g/mol. The summed E-state index contributed by atoms with van der Waals surface area (Å²) in [5.41, 5.74) is 2.83. The average Bonchev–Trinajstić information content (AvgIpc) is 3.24. The zero-order valence-electron chi connectivity index (χ0n) is 18.1. The van der Waals surface area contributed by atoms with Gasteiger partial charge in [0.15, 0.2) is 22.8 Å². The van der Waals surface area contributed by atoms with E-state index in [9.17, 15) is 9.90 Å². The van der Waals surface area contributed by atoms with E-state index >= 15 is 0 Å². The Morgan fingerprint density at radius 1 is 1.19 bits per heavy atom. The molecule has 0 amide bonds. The normalized spacial score (nSPS) is 12.1. The Morgan fingerprint density at radius 3 is 2.62 bits per heavy atom. The van der Waals surface area contributed by atoms with E-state index in [1.165, 1.54) is 7.11 Å². The van der Waals surface area contributed by atoms with Crippen molar-refractivity contribution in [2.75, 3.05) is 12.4 Å². The standard InChI is InChI=1S/C23H24N6O3/c1-14(2)29-13-25-19-21(27-20(28-22(19)29)16-5-4-10-24-12-16)26-18(23(31)32-3)11-15-6-8-17(30)9-7-15/h4-10,12-14,18,30H,11H2,1-3H3,(H,26,27,28)/t18-/m0/s1. The molecule has 2 N–H and O–H groups in total. The van der Waals surface area contributed by atoms with Crippen molar-refractivity contribution in [3.8, 4) is 17.1 Å². The van der Waals surface area contributed by atoms with Crippen LogP contribution in [0.25, 0.3) is 22.6 Å². The van der Waals surface area contributed by atoms with Crippen molar-refractivity contribution in [2.24, 2.45) is 0 Å². The summed E-state index contributed by atoms with van der Waals surface area (Å²) in [5.74, 6) is 0.636. The molecule has 0 bridgehead atoms. The monoisotopic (exact) mass is 432 g/mol. The molecule has 9 nitrogen and oxygen atoms in total. The number of carbonyl (C=O) groups is 1. The number of fused-ring (bicyclic) bond motifs is 1. The van der Waals surface area contributed by atoms with Gasteiger partial charge in [-0.25, -0.2) is 19.7 Å². The van der Waals surface area contributed by atoms with Crippen molar-refractivity contribution in [1.82, 2.24) is 24.5 Å². The van der Waals surface area contributed by atoms with Gasteiger partial charge in [-0.2, -0.15) is 0 Å². The van der Waals surface area contributed by atoms with E-state index in [0.29, 0.717) is 29.2 Å². The van der Waals surface area contributed by atoms with Gasteiger partial charge in [0.1, 0.15) is 11.8 Å². The smallest absolute Gasteiger partial charge is 0.328 e. The maximum Gasteiger partial charge on any atom is 0.328 e. The van der Waals surface area contributed by atoms with Gasteiger partial charge in [0.05, 0.1) is 13.4 Å². The first kappa shape index (κ1) is 21.2. The van der Waals surface area contributed by atoms with Crippen LogP contribution in [0.15, 0.2) is 55.1 Å². The largest absolute Gasteiger partial charge is 0.508 e. The lowest BCUT2D eigenvalue weighted by molar-refractivity contribution is -0.141. The molecule has 9 heteroatoms. The van der Waals surface area contributed by atoms with E-state index in [4.69, 9.17) is 9.72 Å². The molecular formula is C23H24N6O3. The summed E-state index contributed by atoms with van der Waals surface area (Å²) in [7, 11) is 1.35. The first-order valence-corrected chi connectivity index (χ1v) is 10.2. The zero-order chi connectivity index (χ0) is 22.7. The summed E-state index contributed by atoms with van der Waals surface area (Å²) in [6.07, 6.45) is 5.43. The number of hydrogen-bond donors (Lipinski definition) is 2. The van der Waals surface area contributed by atoms with Gasteiger partial charge in [-0.15, -0.1) is 0 Å². The summed E-state index contributed by atoms with van der Waals surface area (Å²) in [5, 5.41) is 12.8. The first-order valence-electron chi connectivity index (χ1n) is 10.2. The number of rotatable bonds is 7. The number of pyridine rings is 1. The van der Waals surface area contributed by atoms with Crippen molar-refractivity contribution in [3.63, 3.8) is 0 Å². The lowest BCUT2D eigenvalue weighted by atomic mass is 10.1. The molecule has 0 saturated heterocycles. The van der Waals surface area contributed by atoms with Gasteiger partial charge in [-0.1, -0.05) is 12.1 Å². The van der Waals surface area contributed by atoms with Gasteiger partial charge in [-0.3, -0.25) is 4.98 Å². The molecule has 0 aliphatic rings. The van der Waals surface area contributed by atoms with Crippen LogP contribution in [0.2, 0.25) is 0 Å². The van der Waals surface area contributed by atoms with E-state index in [1.54, 1.807) is 43.0 Å². The highest BCUT2D eigenvalue weighted by molar-refractivity contribution is 5.88. The number of phenols is 1. The van der Waals surface area contributed by atoms with Crippen LogP contribution in [-0.2, 0) is 16.0 Å². The number of aromatic hydroxyl groups is 1. The molecule has 4 rings (SSSR count). The lowest BCUT2D eigenvalue weighted by Crippen LogP contribution is -2.33. The van der Waals surface area contributed by atoms with E-state index in [-0.39, 0.29) is 11.8 Å². The fraction of sp³-hybridized carbons (Fsp3) is 0.261. The third kappa shape index (κ3) is 4.36. The van der Waals surface area contributed by atoms with Gasteiger partial charge in [0.2, 0.25) is 0 Å². The molecule has 0 spiro atoms. The van der Waals surface area contributed by atoms with E-state index in [0.717, 1.165) is 11.1 Å². The molecule has 0 fully saturated rings. The maximum atomic E-state index is 12.6. The SMILES string of the molecule is COC(=O)[C@H](Cc1ccc(O)cc1)Nc1nc(-c2cccnc2)nc2c1ncn2C(C)C. The van der Waals surface area contributed by atoms with Crippen LogP contribution in [0.4, 0.5) is 5.82 Å². The molecule has 0 saturated carbocycles. The molecule has 0 radical (unpaired) electrons. The second kappa shape index (κ2) is 9.01. The Kier molecular flexibility index (Phi) is 5.98. The predicted octanol–water partition coefficient (Wildman–Crippen LogP) is 3.37. The molecule has 0 unspecified atom stereocenters. The number of ether oxygens (including phenoxy) is 1. The summed E-state index contributed by atoms with van der Waals surface area (Å²) in [6.45, 7) is 4.09. The second-order valence-electron chi connectivity index (χ2n) is 7.65. The molecule has 3 aromatic heterocycles. The van der Waals surface area contributed by atoms with Gasteiger partial charge >= 0.3 is 5.97 Å². The number of aromatic nitrogens is 5. The molecule has 164 valence electrons. The number of imidazole rings is 1. The number of benzene rings is 1. The van der Waals surface area contributed by atoms with Crippen LogP contribution in [-0.4, -0.2) is 48.7 Å². The quantitative estimate of drug-likeness (QED) is 0.427. The number of hydrogen-bond acceptors (Lipinski definition) is 8. The van der Waals surface area contributed by atoms with Crippen molar-refractivity contribution in [2.45, 2.75) is 32.4 Å². The number of carbonyl (C=O) groups excluding carboxylic acids is 1. The van der Waals surface area contributed by atoms with Crippen LogP contribution in [0.5, 0.6) is 5.75 Å². The number of nitrogens with zero attached hydrogens (tertiary/aromatic N) is 5. The minimum Gasteiger partial charge on any atom is -0.508 e. The molecule has 3 heterocycles. The van der Waals surface area contributed by atoms with Gasteiger partial charge in [0, 0.05) is 30.4 Å². The Labute approximate surface area is 185 Å². The lowest BCUT2D eigenvalue weighted by Gasteiger charge is -2.18. The number of esters is 1. The second-order valence-corrected chi connectivity index (χ2v) is 7.65. The molecule has 1 atom stereocenters. The van der Waals surface area contributed by atoms with Crippen LogP contribution < -0.4 is 5.32 Å². The van der Waals surface area contributed by atoms with Crippen LogP contribution in [0.1, 0.15) is 25.5 Å². The summed E-state index contributed by atoms with van der Waals surface area (Å²) in [4.78, 5) is 30.6. The molecule has 32 heavy (non-hydrogen) atoms. The van der Waals surface area contributed by atoms with Crippen LogP contribution >= 0.6 is 0 Å². The van der Waals surface area contributed by atoms with Gasteiger partial charge in [0.25, 0.3) is 0 Å². The first-order chi connectivity index (χ1) is 15.5. The fourth-order valence-electron chi connectivity index (χ4n) is 3.39. The molecular weight excluding hydrogens is 408 g/mol. The van der Waals surface area contributed by atoms with E-state index < -0.39 is 12.0 Å². The Bertz CT molecular complexity index is 1220. The number of anilines is 1. The van der Waals surface area contributed by atoms with Crippen LogP contribution in [0.3, 0.4) is 0 Å². The van der Waals surface area contributed by atoms with Crippen molar-refractivity contribution < 1.29 is 14.6 Å². The Morgan fingerprint density at radius 2 is 1.97 bits per heavy atom. The van der Waals surface area contributed by atoms with Crippen molar-refractivity contribution in [3.05, 3.63) is 60.7 Å². The molecule has 4 aromatic rings. The van der Waals surface area contributed by atoms with Gasteiger partial charge < -0.3 is 19.7 Å². The summed E-state index contributed by atoms with van der Waals surface area (Å²) >= 11 is 0. The van der Waals surface area contributed by atoms with E-state index in [2.05, 4.69) is 20.3 Å². The topological polar surface area (TPSA) is 115 Å². The predicted molar refractivity (Wildman–Crippen MR) is 120 cm³/mol. The highest BCUT2D eigenvalue weighted by atomic mass is 16.5. The Hall–Kier alpha value is -4.01. The molecule has 1 aromatic carbocycles. The summed E-state index contributed by atoms with van der Waals surface area (Å²) < 4.78 is 6.97. The van der Waals surface area contributed by atoms with Gasteiger partial charge in [-0.05, 0) is 43.7 Å². The zero-order valence-corrected chi connectivity index (χ0v) is 18.1. The minimum absolute atomic E-state index is 0.137.